The topological polar surface area (TPSA) is 18.5 Å². The molecule has 0 aliphatic heterocycles. The summed E-state index contributed by atoms with van der Waals surface area (Å²) in [6, 6.07) is 40.5. The Bertz CT molecular complexity index is 1210. The third kappa shape index (κ3) is 7.11. The summed E-state index contributed by atoms with van der Waals surface area (Å²) in [6.07, 6.45) is 8.37. The van der Waals surface area contributed by atoms with E-state index in [1.165, 1.54) is 0 Å². The van der Waals surface area contributed by atoms with E-state index in [0.717, 1.165) is 33.8 Å². The molecule has 0 N–H and O–H groups in total. The fourth-order valence-corrected chi connectivity index (χ4v) is 3.49. The molecule has 0 aliphatic rings. The van der Waals surface area contributed by atoms with Crippen LogP contribution in [0, 0.1) is 0 Å². The van der Waals surface area contributed by atoms with Gasteiger partial charge in [0.1, 0.15) is 24.7 Å². The predicted molar refractivity (Wildman–Crippen MR) is 142 cm³/mol. The Morgan fingerprint density at radius 2 is 1.12 bits per heavy atom. The Kier molecular flexibility index (Phi) is 8.52. The highest BCUT2D eigenvalue weighted by Crippen LogP contribution is 2.27. The Labute approximate surface area is 202 Å². The van der Waals surface area contributed by atoms with Crippen molar-refractivity contribution in [3.63, 3.8) is 0 Å². The summed E-state index contributed by atoms with van der Waals surface area (Å²) in [4.78, 5) is 0. The van der Waals surface area contributed by atoms with Gasteiger partial charge in [0.05, 0.1) is 0 Å². The van der Waals surface area contributed by atoms with Gasteiger partial charge in [-0.2, -0.15) is 0 Å². The molecule has 0 amide bonds. The van der Waals surface area contributed by atoms with E-state index in [0.29, 0.717) is 13.2 Å². The van der Waals surface area contributed by atoms with E-state index in [1.54, 1.807) is 0 Å². The van der Waals surface area contributed by atoms with E-state index in [4.69, 9.17) is 9.47 Å². The molecule has 0 aromatic heterocycles. The van der Waals surface area contributed by atoms with Crippen LogP contribution in [0.2, 0.25) is 0 Å². The van der Waals surface area contributed by atoms with Crippen LogP contribution in [0.15, 0.2) is 145 Å². The van der Waals surface area contributed by atoms with Gasteiger partial charge < -0.3 is 9.47 Å². The van der Waals surface area contributed by atoms with E-state index in [1.807, 2.05) is 84.9 Å². The second-order valence-electron chi connectivity index (χ2n) is 7.68. The number of hydrogen-bond donors (Lipinski definition) is 0. The van der Waals surface area contributed by atoms with Crippen LogP contribution in [-0.4, -0.2) is 13.2 Å². The Morgan fingerprint density at radius 3 is 1.74 bits per heavy atom. The van der Waals surface area contributed by atoms with Crippen LogP contribution in [0.25, 0.3) is 11.6 Å². The van der Waals surface area contributed by atoms with Crippen molar-refractivity contribution < 1.29 is 9.47 Å². The number of allylic oxidation sites excluding steroid dienone is 2. The average molecular weight is 445 g/mol. The monoisotopic (exact) mass is 444 g/mol. The molecule has 0 heterocycles. The Morgan fingerprint density at radius 1 is 0.588 bits per heavy atom. The van der Waals surface area contributed by atoms with Gasteiger partial charge in [0.2, 0.25) is 0 Å². The molecule has 2 heteroatoms. The summed E-state index contributed by atoms with van der Waals surface area (Å²) >= 11 is 0. The standard InChI is InChI=1S/C32H28O2/c1-5-15-27(16-6-1)25-32(28-17-7-2-8-18-28)29(26-34-31-22-11-4-12-23-31)19-13-14-24-33-30-20-9-3-10-21-30/h1-23,25H,24,26H2/b14-13+,29-19+,32-25-. The minimum atomic E-state index is 0.446. The van der Waals surface area contributed by atoms with E-state index in [-0.39, 0.29) is 0 Å². The molecular formula is C32H28O2. The Balaban J connectivity index is 1.61. The van der Waals surface area contributed by atoms with Crippen molar-refractivity contribution in [2.45, 2.75) is 0 Å². The highest BCUT2D eigenvalue weighted by Gasteiger charge is 2.09. The minimum Gasteiger partial charge on any atom is -0.490 e. The van der Waals surface area contributed by atoms with Gasteiger partial charge in [-0.05, 0) is 58.7 Å². The average Bonchev–Trinajstić information content (AvgIpc) is 2.91. The van der Waals surface area contributed by atoms with Crippen molar-refractivity contribution in [2.24, 2.45) is 0 Å². The van der Waals surface area contributed by atoms with E-state index in [2.05, 4.69) is 60.7 Å². The van der Waals surface area contributed by atoms with Gasteiger partial charge in [0, 0.05) is 0 Å². The molecule has 0 atom stereocenters. The van der Waals surface area contributed by atoms with Crippen molar-refractivity contribution in [3.8, 4) is 11.5 Å². The number of rotatable bonds is 10. The molecule has 0 bridgehead atoms. The summed E-state index contributed by atoms with van der Waals surface area (Å²) in [5.41, 5.74) is 4.48. The molecule has 0 fully saturated rings. The maximum absolute atomic E-state index is 6.16. The smallest absolute Gasteiger partial charge is 0.119 e. The lowest BCUT2D eigenvalue weighted by molar-refractivity contribution is 0.356. The molecule has 4 aromatic carbocycles. The molecule has 34 heavy (non-hydrogen) atoms. The summed E-state index contributed by atoms with van der Waals surface area (Å²) in [5.74, 6) is 1.70. The van der Waals surface area contributed by atoms with Crippen LogP contribution in [0.3, 0.4) is 0 Å². The Hall–Kier alpha value is -4.30. The van der Waals surface area contributed by atoms with Gasteiger partial charge in [-0.3, -0.25) is 0 Å². The molecule has 0 spiro atoms. The highest BCUT2D eigenvalue weighted by atomic mass is 16.5. The predicted octanol–water partition coefficient (Wildman–Crippen LogP) is 7.87. The largest absolute Gasteiger partial charge is 0.490 e. The molecule has 2 nitrogen and oxygen atoms in total. The van der Waals surface area contributed by atoms with Crippen molar-refractivity contribution >= 4 is 11.6 Å². The van der Waals surface area contributed by atoms with E-state index in [9.17, 15) is 0 Å². The van der Waals surface area contributed by atoms with E-state index < -0.39 is 0 Å². The summed E-state index contributed by atoms with van der Waals surface area (Å²) in [7, 11) is 0. The fourth-order valence-electron chi connectivity index (χ4n) is 3.49. The summed E-state index contributed by atoms with van der Waals surface area (Å²) in [6.45, 7) is 0.942. The van der Waals surface area contributed by atoms with Gasteiger partial charge >= 0.3 is 0 Å². The maximum Gasteiger partial charge on any atom is 0.119 e. The lowest BCUT2D eigenvalue weighted by Crippen LogP contribution is -2.04. The van der Waals surface area contributed by atoms with Crippen LogP contribution in [0.5, 0.6) is 11.5 Å². The van der Waals surface area contributed by atoms with Crippen molar-refractivity contribution in [2.75, 3.05) is 13.2 Å². The second-order valence-corrected chi connectivity index (χ2v) is 7.68. The van der Waals surface area contributed by atoms with Crippen molar-refractivity contribution in [3.05, 3.63) is 156 Å². The zero-order chi connectivity index (χ0) is 23.3. The molecular weight excluding hydrogens is 416 g/mol. The first-order valence-corrected chi connectivity index (χ1v) is 11.4. The van der Waals surface area contributed by atoms with Crippen LogP contribution in [0.4, 0.5) is 0 Å². The first kappa shape index (κ1) is 22.9. The summed E-state index contributed by atoms with van der Waals surface area (Å²) < 4.78 is 12.0. The van der Waals surface area contributed by atoms with Gasteiger partial charge in [-0.25, -0.2) is 0 Å². The minimum absolute atomic E-state index is 0.446. The first-order chi connectivity index (χ1) is 16.9. The normalized spacial score (nSPS) is 12.0. The molecule has 0 radical (unpaired) electrons. The van der Waals surface area contributed by atoms with Gasteiger partial charge in [0.15, 0.2) is 0 Å². The molecule has 0 saturated carbocycles. The van der Waals surface area contributed by atoms with Crippen LogP contribution < -0.4 is 9.47 Å². The number of para-hydroxylation sites is 2. The van der Waals surface area contributed by atoms with Gasteiger partial charge in [-0.15, -0.1) is 0 Å². The zero-order valence-electron chi connectivity index (χ0n) is 19.1. The molecule has 0 aliphatic carbocycles. The maximum atomic E-state index is 6.16. The van der Waals surface area contributed by atoms with Gasteiger partial charge in [-0.1, -0.05) is 109 Å². The quantitative estimate of drug-likeness (QED) is 0.183. The second kappa shape index (κ2) is 12.7. The van der Waals surface area contributed by atoms with Crippen molar-refractivity contribution in [1.82, 2.24) is 0 Å². The first-order valence-electron chi connectivity index (χ1n) is 11.4. The number of hydrogen-bond acceptors (Lipinski definition) is 2. The molecule has 168 valence electrons. The van der Waals surface area contributed by atoms with E-state index >= 15 is 0 Å². The third-order valence-corrected chi connectivity index (χ3v) is 5.20. The molecule has 0 unspecified atom stereocenters. The SMILES string of the molecule is C(/C=C/COc1ccccc1)=C(COc1ccccc1)\C(=C/c1ccccc1)c1ccccc1. The fraction of sp³-hybridized carbons (Fsp3) is 0.0625. The van der Waals surface area contributed by atoms with Crippen LogP contribution >= 0.6 is 0 Å². The lowest BCUT2D eigenvalue weighted by Gasteiger charge is -2.15. The zero-order valence-corrected chi connectivity index (χ0v) is 19.1. The number of ether oxygens (including phenoxy) is 2. The number of benzene rings is 4. The third-order valence-electron chi connectivity index (χ3n) is 5.20. The molecule has 4 aromatic rings. The molecule has 0 saturated heterocycles. The van der Waals surface area contributed by atoms with Crippen LogP contribution in [-0.2, 0) is 0 Å². The van der Waals surface area contributed by atoms with Gasteiger partial charge in [0.25, 0.3) is 0 Å². The lowest BCUT2D eigenvalue weighted by atomic mass is 9.95. The van der Waals surface area contributed by atoms with Crippen LogP contribution in [0.1, 0.15) is 11.1 Å². The summed E-state index contributed by atoms with van der Waals surface area (Å²) in [5, 5.41) is 0. The molecule has 4 rings (SSSR count). The van der Waals surface area contributed by atoms with Crippen molar-refractivity contribution in [1.29, 1.82) is 0 Å². The highest BCUT2D eigenvalue weighted by molar-refractivity contribution is 5.91.